The predicted molar refractivity (Wildman–Crippen MR) is 99.2 cm³/mol. The van der Waals surface area contributed by atoms with Gasteiger partial charge in [0.15, 0.2) is 10.8 Å². The molecule has 0 aliphatic carbocycles. The fourth-order valence-corrected chi connectivity index (χ4v) is 2.94. The molecule has 1 fully saturated rings. The van der Waals surface area contributed by atoms with Gasteiger partial charge in [-0.25, -0.2) is 19.3 Å². The van der Waals surface area contributed by atoms with Gasteiger partial charge >= 0.3 is 5.97 Å². The number of alkyl halides is 1. The fraction of sp³-hybridized carbons (Fsp3) is 0.429. The van der Waals surface area contributed by atoms with Crippen molar-refractivity contribution in [1.29, 1.82) is 0 Å². The van der Waals surface area contributed by atoms with Crippen LogP contribution in [0.1, 0.15) is 19.5 Å². The van der Waals surface area contributed by atoms with Crippen molar-refractivity contribution in [1.82, 2.24) is 30.9 Å². The zero-order chi connectivity index (χ0) is 22.1. The number of aliphatic carboxylic acids is 1. The number of halogens is 1. The number of tetrazole rings is 1. The number of aromatic amines is 1. The molecule has 160 valence electrons. The number of anilines is 2. The molecule has 2 unspecified atom stereocenters. The van der Waals surface area contributed by atoms with E-state index < -0.39 is 47.9 Å². The molecule has 1 aliphatic rings. The number of thiazole rings is 1. The summed E-state index contributed by atoms with van der Waals surface area (Å²) in [6.07, 6.45) is 0. The maximum Gasteiger partial charge on any atom is 0.350 e. The summed E-state index contributed by atoms with van der Waals surface area (Å²) >= 11 is 1.01. The molecule has 0 radical (unpaired) electrons. The van der Waals surface area contributed by atoms with E-state index in [9.17, 15) is 18.8 Å². The van der Waals surface area contributed by atoms with Gasteiger partial charge in [-0.1, -0.05) is 10.3 Å². The first kappa shape index (κ1) is 21.0. The van der Waals surface area contributed by atoms with Crippen LogP contribution in [0, 0.1) is 0 Å². The van der Waals surface area contributed by atoms with Gasteiger partial charge < -0.3 is 21.0 Å². The number of nitrogens with zero attached hydrogens (tertiary/aromatic N) is 6. The topological polar surface area (TPSA) is 202 Å². The molecule has 0 aromatic carbocycles. The van der Waals surface area contributed by atoms with Crippen molar-refractivity contribution in [2.75, 3.05) is 17.3 Å². The number of oxime groups is 1. The second-order valence-corrected chi connectivity index (χ2v) is 7.41. The van der Waals surface area contributed by atoms with Crippen LogP contribution in [0.15, 0.2) is 10.5 Å². The number of nitrogens with two attached hydrogens (primary N) is 1. The van der Waals surface area contributed by atoms with Crippen molar-refractivity contribution in [3.8, 4) is 0 Å². The van der Waals surface area contributed by atoms with E-state index in [1.165, 1.54) is 19.2 Å². The maximum atomic E-state index is 13.5. The third-order valence-electron chi connectivity index (χ3n) is 4.09. The van der Waals surface area contributed by atoms with Crippen LogP contribution >= 0.6 is 11.3 Å². The Balaban J connectivity index is 1.81. The highest BCUT2D eigenvalue weighted by Crippen LogP contribution is 2.25. The zero-order valence-corrected chi connectivity index (χ0v) is 16.4. The van der Waals surface area contributed by atoms with Crippen molar-refractivity contribution in [2.24, 2.45) is 5.16 Å². The number of carbonyl (C=O) groups is 3. The number of carbonyl (C=O) groups excluding carboxylic acids is 2. The molecular weight excluding hydrogens is 425 g/mol. The Labute approximate surface area is 171 Å². The van der Waals surface area contributed by atoms with E-state index in [1.807, 2.05) is 0 Å². The van der Waals surface area contributed by atoms with Gasteiger partial charge in [0, 0.05) is 5.38 Å². The number of hydrogen-bond donors (Lipinski definition) is 4. The quantitative estimate of drug-likeness (QED) is 0.216. The van der Waals surface area contributed by atoms with Crippen molar-refractivity contribution in [3.63, 3.8) is 0 Å². The molecule has 2 amide bonds. The maximum absolute atomic E-state index is 13.5. The van der Waals surface area contributed by atoms with E-state index >= 15 is 0 Å². The first-order valence-corrected chi connectivity index (χ1v) is 9.18. The lowest BCUT2D eigenvalue weighted by Crippen LogP contribution is -2.72. The average Bonchev–Trinajstić information content (AvgIpc) is 3.35. The minimum Gasteiger partial charge on any atom is -0.478 e. The molecule has 0 spiro atoms. The van der Waals surface area contributed by atoms with Gasteiger partial charge in [-0.05, 0) is 24.3 Å². The summed E-state index contributed by atoms with van der Waals surface area (Å²) in [4.78, 5) is 46.2. The Morgan fingerprint density at radius 1 is 1.53 bits per heavy atom. The van der Waals surface area contributed by atoms with Crippen LogP contribution in [0.3, 0.4) is 0 Å². The minimum absolute atomic E-state index is 0.00366. The van der Waals surface area contributed by atoms with Crippen LogP contribution in [0.25, 0.3) is 0 Å². The summed E-state index contributed by atoms with van der Waals surface area (Å²) in [5.41, 5.74) is 3.39. The lowest BCUT2D eigenvalue weighted by atomic mass is 9.96. The zero-order valence-electron chi connectivity index (χ0n) is 15.6. The number of carboxylic acid groups (broad SMARTS) is 1. The number of H-pyrrole nitrogens is 1. The van der Waals surface area contributed by atoms with E-state index in [2.05, 4.69) is 36.1 Å². The Morgan fingerprint density at radius 2 is 2.27 bits per heavy atom. The summed E-state index contributed by atoms with van der Waals surface area (Å²) < 4.78 is 13.5. The molecule has 3 rings (SSSR count). The standard InChI is InChI=1S/C14H16FN9O5S/c1-14(2,11(27)28)29-21-7(5-4-30-12(16)17-5)9(25)18-8-6(3-15)24(10(8)26)13-19-22-23-20-13/h4,6,8H,3H2,1-2H3,(H2,16,17)(H,18,25)(H,27,28)(H,19,20,22,23). The van der Waals surface area contributed by atoms with Crippen molar-refractivity contribution in [3.05, 3.63) is 11.1 Å². The number of β-lactam (4-membered cyclic amide) rings is 1. The van der Waals surface area contributed by atoms with Gasteiger partial charge in [0.1, 0.15) is 18.4 Å². The highest BCUT2D eigenvalue weighted by molar-refractivity contribution is 7.13. The molecule has 1 aliphatic heterocycles. The van der Waals surface area contributed by atoms with E-state index in [0.29, 0.717) is 0 Å². The molecule has 3 heterocycles. The van der Waals surface area contributed by atoms with Crippen molar-refractivity contribution < 1.29 is 28.7 Å². The minimum atomic E-state index is -1.75. The van der Waals surface area contributed by atoms with Gasteiger partial charge in [0.25, 0.3) is 11.8 Å². The summed E-state index contributed by atoms with van der Waals surface area (Å²) in [5, 5.41) is 29.1. The lowest BCUT2D eigenvalue weighted by molar-refractivity contribution is -0.161. The highest BCUT2D eigenvalue weighted by Gasteiger charge is 2.51. The third kappa shape index (κ3) is 3.88. The first-order chi connectivity index (χ1) is 14.2. The highest BCUT2D eigenvalue weighted by atomic mass is 32.1. The number of nitrogen functional groups attached to an aromatic ring is 1. The van der Waals surface area contributed by atoms with Crippen LogP contribution in [0.4, 0.5) is 15.5 Å². The number of rotatable bonds is 8. The number of hydrogen-bond acceptors (Lipinski definition) is 11. The molecule has 1 saturated heterocycles. The molecule has 16 heteroatoms. The molecule has 0 bridgehead atoms. The largest absolute Gasteiger partial charge is 0.478 e. The average molecular weight is 441 g/mol. The van der Waals surface area contributed by atoms with E-state index in [4.69, 9.17) is 15.7 Å². The molecule has 2 aromatic heterocycles. The van der Waals surface area contributed by atoms with Gasteiger partial charge in [0.05, 0.1) is 6.04 Å². The molecule has 14 nitrogen and oxygen atoms in total. The number of amides is 2. The molecule has 5 N–H and O–H groups in total. The monoisotopic (exact) mass is 441 g/mol. The van der Waals surface area contributed by atoms with Gasteiger partial charge in [-0.3, -0.25) is 14.5 Å². The van der Waals surface area contributed by atoms with E-state index in [0.717, 1.165) is 16.2 Å². The predicted octanol–water partition coefficient (Wildman–Crippen LogP) is -1.31. The SMILES string of the molecule is CC(C)(ON=C(C(=O)NC1C(=O)N(c2nnn[nH]2)C1CF)c1csc(N)n1)C(=O)O. The van der Waals surface area contributed by atoms with Crippen molar-refractivity contribution in [2.45, 2.75) is 31.5 Å². The van der Waals surface area contributed by atoms with Crippen LogP contribution in [0.2, 0.25) is 0 Å². The summed E-state index contributed by atoms with van der Waals surface area (Å²) in [5.74, 6) is -2.99. The normalized spacial score (nSPS) is 19.4. The second kappa shape index (κ2) is 7.97. The van der Waals surface area contributed by atoms with Crippen LogP contribution in [-0.2, 0) is 19.2 Å². The molecule has 2 atom stereocenters. The summed E-state index contributed by atoms with van der Waals surface area (Å²) in [7, 11) is 0. The van der Waals surface area contributed by atoms with E-state index in [-0.39, 0.29) is 16.8 Å². The molecule has 0 saturated carbocycles. The molecule has 2 aromatic rings. The number of carboxylic acids is 1. The Kier molecular flexibility index (Phi) is 5.59. The third-order valence-corrected chi connectivity index (χ3v) is 4.76. The fourth-order valence-electron chi connectivity index (χ4n) is 2.39. The van der Waals surface area contributed by atoms with Crippen molar-refractivity contribution >= 4 is 45.9 Å². The Morgan fingerprint density at radius 3 is 2.80 bits per heavy atom. The Bertz CT molecular complexity index is 992. The van der Waals surface area contributed by atoms with Crippen LogP contribution in [-0.4, -0.2) is 78.6 Å². The number of aromatic nitrogens is 5. The second-order valence-electron chi connectivity index (χ2n) is 6.52. The summed E-state index contributed by atoms with van der Waals surface area (Å²) in [6, 6.07) is -2.30. The number of nitrogens with one attached hydrogen (secondary N) is 2. The molecule has 30 heavy (non-hydrogen) atoms. The smallest absolute Gasteiger partial charge is 0.350 e. The summed E-state index contributed by atoms with van der Waals surface area (Å²) in [6.45, 7) is 1.46. The Hall–Kier alpha value is -3.69. The van der Waals surface area contributed by atoms with Gasteiger partial charge in [-0.15, -0.1) is 11.3 Å². The van der Waals surface area contributed by atoms with Gasteiger partial charge in [0.2, 0.25) is 11.5 Å². The van der Waals surface area contributed by atoms with Crippen LogP contribution < -0.4 is 16.0 Å². The first-order valence-electron chi connectivity index (χ1n) is 8.30. The lowest BCUT2D eigenvalue weighted by Gasteiger charge is -2.43. The van der Waals surface area contributed by atoms with Crippen LogP contribution in [0.5, 0.6) is 0 Å². The molecular formula is C14H16FN9O5S. The van der Waals surface area contributed by atoms with E-state index in [1.54, 1.807) is 0 Å². The van der Waals surface area contributed by atoms with Gasteiger partial charge in [-0.2, -0.15) is 0 Å².